The summed E-state index contributed by atoms with van der Waals surface area (Å²) in [4.78, 5) is 12.2. The molecule has 1 aromatic heterocycles. The van der Waals surface area contributed by atoms with Gasteiger partial charge in [0.05, 0.1) is 5.56 Å². The van der Waals surface area contributed by atoms with Gasteiger partial charge in [0.2, 0.25) is 0 Å². The molecule has 0 unspecified atom stereocenters. The molecule has 1 fully saturated rings. The Kier molecular flexibility index (Phi) is 3.52. The van der Waals surface area contributed by atoms with E-state index in [9.17, 15) is 4.79 Å². The number of primary amides is 1. The summed E-state index contributed by atoms with van der Waals surface area (Å²) < 4.78 is 13.6. The minimum absolute atomic E-state index is 0.369. The minimum Gasteiger partial charge on any atom is -0.486 e. The number of carbonyl (C=O) groups is 1. The molecule has 0 radical (unpaired) electrons. The molecule has 5 nitrogen and oxygen atoms in total. The maximum absolute atomic E-state index is 12.2. The molecular formula is C19H22N2O3. The SMILES string of the molecule is CCc1c(-c2ccc3c(c2)OCCO3)c(C(N)=O)c(C)n1C1CC1. The summed E-state index contributed by atoms with van der Waals surface area (Å²) in [6.45, 7) is 5.23. The standard InChI is InChI=1S/C19H22N2O3/c1-3-14-18(12-4-7-15-16(10-12)24-9-8-23-15)17(19(20)22)11(2)21(14)13-5-6-13/h4,7,10,13H,3,5-6,8-9H2,1-2H3,(H2,20,22). The summed E-state index contributed by atoms with van der Waals surface area (Å²) in [5, 5.41) is 0. The van der Waals surface area contributed by atoms with E-state index < -0.39 is 0 Å². The van der Waals surface area contributed by atoms with Gasteiger partial charge in [0.25, 0.3) is 5.91 Å². The molecule has 0 spiro atoms. The molecule has 1 aromatic carbocycles. The Morgan fingerprint density at radius 2 is 1.96 bits per heavy atom. The molecule has 0 bridgehead atoms. The van der Waals surface area contributed by atoms with Gasteiger partial charge in [-0.05, 0) is 43.9 Å². The molecular weight excluding hydrogens is 304 g/mol. The maximum atomic E-state index is 12.2. The van der Waals surface area contributed by atoms with Crippen molar-refractivity contribution in [2.45, 2.75) is 39.2 Å². The molecule has 24 heavy (non-hydrogen) atoms. The number of nitrogens with zero attached hydrogens (tertiary/aromatic N) is 1. The van der Waals surface area contributed by atoms with E-state index in [1.54, 1.807) is 0 Å². The van der Waals surface area contributed by atoms with Crippen LogP contribution in [0.15, 0.2) is 18.2 Å². The van der Waals surface area contributed by atoms with Crippen LogP contribution in [0.25, 0.3) is 11.1 Å². The maximum Gasteiger partial charge on any atom is 0.251 e. The van der Waals surface area contributed by atoms with Crippen molar-refractivity contribution in [3.63, 3.8) is 0 Å². The van der Waals surface area contributed by atoms with Gasteiger partial charge in [-0.15, -0.1) is 0 Å². The van der Waals surface area contributed by atoms with Crippen LogP contribution in [0.4, 0.5) is 0 Å². The van der Waals surface area contributed by atoms with E-state index in [2.05, 4.69) is 11.5 Å². The highest BCUT2D eigenvalue weighted by atomic mass is 16.6. The highest BCUT2D eigenvalue weighted by Crippen LogP contribution is 2.44. The summed E-state index contributed by atoms with van der Waals surface area (Å²) in [6, 6.07) is 6.37. The Labute approximate surface area is 141 Å². The first-order valence-corrected chi connectivity index (χ1v) is 8.55. The van der Waals surface area contributed by atoms with Crippen LogP contribution in [0.2, 0.25) is 0 Å². The predicted molar refractivity (Wildman–Crippen MR) is 91.8 cm³/mol. The third-order valence-corrected chi connectivity index (χ3v) is 4.88. The van der Waals surface area contributed by atoms with Gasteiger partial charge in [0.15, 0.2) is 11.5 Å². The average Bonchev–Trinajstić information content (AvgIpc) is 3.37. The molecule has 1 aliphatic heterocycles. The van der Waals surface area contributed by atoms with E-state index in [1.807, 2.05) is 25.1 Å². The first-order valence-electron chi connectivity index (χ1n) is 8.55. The zero-order chi connectivity index (χ0) is 16.8. The van der Waals surface area contributed by atoms with Gasteiger partial charge < -0.3 is 19.8 Å². The molecule has 1 saturated carbocycles. The van der Waals surface area contributed by atoms with E-state index in [0.717, 1.165) is 34.7 Å². The van der Waals surface area contributed by atoms with Crippen molar-refractivity contribution in [2.24, 2.45) is 5.73 Å². The van der Waals surface area contributed by atoms with Crippen molar-refractivity contribution in [2.75, 3.05) is 13.2 Å². The highest BCUT2D eigenvalue weighted by Gasteiger charge is 2.32. The number of rotatable bonds is 4. The number of benzene rings is 1. The van der Waals surface area contributed by atoms with Crippen molar-refractivity contribution < 1.29 is 14.3 Å². The fourth-order valence-corrected chi connectivity index (χ4v) is 3.75. The summed E-state index contributed by atoms with van der Waals surface area (Å²) in [5.74, 6) is 1.11. The summed E-state index contributed by atoms with van der Waals surface area (Å²) in [6.07, 6.45) is 3.19. The Morgan fingerprint density at radius 1 is 1.25 bits per heavy atom. The highest BCUT2D eigenvalue weighted by molar-refractivity contribution is 6.02. The molecule has 2 N–H and O–H groups in total. The molecule has 0 atom stereocenters. The van der Waals surface area contributed by atoms with Crippen LogP contribution in [0.1, 0.15) is 47.6 Å². The summed E-state index contributed by atoms with van der Waals surface area (Å²) >= 11 is 0. The van der Waals surface area contributed by atoms with E-state index in [0.29, 0.717) is 24.8 Å². The van der Waals surface area contributed by atoms with E-state index in [1.165, 1.54) is 18.5 Å². The van der Waals surface area contributed by atoms with Crippen LogP contribution in [-0.2, 0) is 6.42 Å². The van der Waals surface area contributed by atoms with E-state index in [-0.39, 0.29) is 5.91 Å². The number of hydrogen-bond donors (Lipinski definition) is 1. The average molecular weight is 326 g/mol. The van der Waals surface area contributed by atoms with Gasteiger partial charge in [-0.2, -0.15) is 0 Å². The number of hydrogen-bond acceptors (Lipinski definition) is 3. The number of fused-ring (bicyclic) bond motifs is 1. The first kappa shape index (κ1) is 15.1. The van der Waals surface area contributed by atoms with Crippen LogP contribution in [0.5, 0.6) is 11.5 Å². The fraction of sp³-hybridized carbons (Fsp3) is 0.421. The molecule has 126 valence electrons. The Hall–Kier alpha value is -2.43. The minimum atomic E-state index is -0.369. The van der Waals surface area contributed by atoms with E-state index in [4.69, 9.17) is 15.2 Å². The second kappa shape index (κ2) is 5.58. The number of nitrogens with two attached hydrogens (primary N) is 1. The van der Waals surface area contributed by atoms with Crippen LogP contribution in [0, 0.1) is 6.92 Å². The Balaban J connectivity index is 1.93. The largest absolute Gasteiger partial charge is 0.486 e. The van der Waals surface area contributed by atoms with Crippen LogP contribution in [0.3, 0.4) is 0 Å². The smallest absolute Gasteiger partial charge is 0.251 e. The molecule has 2 aliphatic rings. The van der Waals surface area contributed by atoms with Gasteiger partial charge in [-0.3, -0.25) is 4.79 Å². The van der Waals surface area contributed by atoms with Crippen molar-refractivity contribution in [3.8, 4) is 22.6 Å². The number of amides is 1. The molecule has 0 saturated heterocycles. The molecule has 1 aliphatic carbocycles. The van der Waals surface area contributed by atoms with Gasteiger partial charge in [-0.1, -0.05) is 13.0 Å². The van der Waals surface area contributed by atoms with Crippen LogP contribution >= 0.6 is 0 Å². The van der Waals surface area contributed by atoms with Gasteiger partial charge in [-0.25, -0.2) is 0 Å². The zero-order valence-electron chi connectivity index (χ0n) is 14.1. The molecule has 5 heteroatoms. The number of carbonyl (C=O) groups excluding carboxylic acids is 1. The third kappa shape index (κ3) is 2.27. The van der Waals surface area contributed by atoms with Gasteiger partial charge in [0, 0.05) is 23.0 Å². The second-order valence-electron chi connectivity index (χ2n) is 6.46. The quantitative estimate of drug-likeness (QED) is 0.938. The van der Waals surface area contributed by atoms with Crippen molar-refractivity contribution in [3.05, 3.63) is 35.2 Å². The molecule has 2 heterocycles. The first-order chi connectivity index (χ1) is 11.6. The Morgan fingerprint density at radius 3 is 2.58 bits per heavy atom. The lowest BCUT2D eigenvalue weighted by atomic mass is 9.98. The monoisotopic (exact) mass is 326 g/mol. The lowest BCUT2D eigenvalue weighted by Gasteiger charge is -2.19. The summed E-state index contributed by atoms with van der Waals surface area (Å²) in [5.41, 5.74) is 10.4. The van der Waals surface area contributed by atoms with Crippen molar-refractivity contribution in [1.29, 1.82) is 0 Å². The predicted octanol–water partition coefficient (Wildman–Crippen LogP) is 3.23. The van der Waals surface area contributed by atoms with Crippen LogP contribution < -0.4 is 15.2 Å². The van der Waals surface area contributed by atoms with Gasteiger partial charge >= 0.3 is 0 Å². The molecule has 4 rings (SSSR count). The van der Waals surface area contributed by atoms with Crippen molar-refractivity contribution >= 4 is 5.91 Å². The number of aromatic nitrogens is 1. The number of ether oxygens (including phenoxy) is 2. The summed E-state index contributed by atoms with van der Waals surface area (Å²) in [7, 11) is 0. The zero-order valence-corrected chi connectivity index (χ0v) is 14.1. The third-order valence-electron chi connectivity index (χ3n) is 4.88. The van der Waals surface area contributed by atoms with Crippen LogP contribution in [-0.4, -0.2) is 23.7 Å². The normalized spacial score (nSPS) is 16.2. The van der Waals surface area contributed by atoms with Crippen molar-refractivity contribution in [1.82, 2.24) is 4.57 Å². The Bertz CT molecular complexity index is 819. The molecule has 1 amide bonds. The lowest BCUT2D eigenvalue weighted by Crippen LogP contribution is -2.15. The topological polar surface area (TPSA) is 66.5 Å². The van der Waals surface area contributed by atoms with E-state index >= 15 is 0 Å². The fourth-order valence-electron chi connectivity index (χ4n) is 3.75. The van der Waals surface area contributed by atoms with Gasteiger partial charge in [0.1, 0.15) is 13.2 Å². The molecule has 2 aromatic rings. The second-order valence-corrected chi connectivity index (χ2v) is 6.46. The lowest BCUT2D eigenvalue weighted by molar-refractivity contribution is 0.1000.